The summed E-state index contributed by atoms with van der Waals surface area (Å²) >= 11 is 0. The highest BCUT2D eigenvalue weighted by molar-refractivity contribution is 5.73. The van der Waals surface area contributed by atoms with Crippen LogP contribution < -0.4 is 10.6 Å². The van der Waals surface area contributed by atoms with Crippen LogP contribution in [0.1, 0.15) is 49.8 Å². The Balaban J connectivity index is 1.63. The molecule has 2 rings (SSSR count). The van der Waals surface area contributed by atoms with E-state index in [1.54, 1.807) is 6.26 Å². The number of aryl methyl sites for hydroxylation is 2. The molecule has 1 heterocycles. The molecule has 2 amide bonds. The van der Waals surface area contributed by atoms with E-state index >= 15 is 0 Å². The van der Waals surface area contributed by atoms with Crippen LogP contribution in [0.5, 0.6) is 0 Å². The van der Waals surface area contributed by atoms with Crippen molar-refractivity contribution in [2.24, 2.45) is 0 Å². The van der Waals surface area contributed by atoms with Crippen molar-refractivity contribution in [1.82, 2.24) is 15.6 Å². The minimum atomic E-state index is -0.171. The SMILES string of the molecule is CCCCCCNC(=O)NCc1nc(CCc2ccccc2)co1. The molecule has 0 aliphatic heterocycles. The quantitative estimate of drug-likeness (QED) is 0.651. The molecule has 2 N–H and O–H groups in total. The van der Waals surface area contributed by atoms with E-state index in [0.29, 0.717) is 19.0 Å². The molecule has 0 saturated heterocycles. The fraction of sp³-hybridized carbons (Fsp3) is 0.474. The van der Waals surface area contributed by atoms with E-state index in [0.717, 1.165) is 31.4 Å². The molecular weight excluding hydrogens is 302 g/mol. The summed E-state index contributed by atoms with van der Waals surface area (Å²) in [5, 5.41) is 5.62. The molecule has 0 saturated carbocycles. The van der Waals surface area contributed by atoms with Crippen molar-refractivity contribution in [3.63, 3.8) is 0 Å². The Bertz CT molecular complexity index is 596. The topological polar surface area (TPSA) is 67.2 Å². The molecule has 1 aromatic carbocycles. The second kappa shape index (κ2) is 10.5. The first-order valence-electron chi connectivity index (χ1n) is 8.77. The van der Waals surface area contributed by atoms with Gasteiger partial charge in [0.15, 0.2) is 0 Å². The lowest BCUT2D eigenvalue weighted by molar-refractivity contribution is 0.239. The van der Waals surface area contributed by atoms with E-state index in [-0.39, 0.29) is 6.03 Å². The monoisotopic (exact) mass is 329 g/mol. The Hall–Kier alpha value is -2.30. The van der Waals surface area contributed by atoms with Crippen LogP contribution in [0.15, 0.2) is 41.0 Å². The number of hydrogen-bond donors (Lipinski definition) is 2. The van der Waals surface area contributed by atoms with Crippen molar-refractivity contribution >= 4 is 6.03 Å². The molecule has 0 fully saturated rings. The van der Waals surface area contributed by atoms with Crippen molar-refractivity contribution in [3.8, 4) is 0 Å². The van der Waals surface area contributed by atoms with Gasteiger partial charge in [-0.2, -0.15) is 0 Å². The van der Waals surface area contributed by atoms with Crippen molar-refractivity contribution in [1.29, 1.82) is 0 Å². The molecule has 24 heavy (non-hydrogen) atoms. The number of oxazole rings is 1. The summed E-state index contributed by atoms with van der Waals surface area (Å²) in [5.74, 6) is 0.541. The largest absolute Gasteiger partial charge is 0.447 e. The average molecular weight is 329 g/mol. The van der Waals surface area contributed by atoms with E-state index in [2.05, 4.69) is 34.7 Å². The van der Waals surface area contributed by atoms with Gasteiger partial charge in [0, 0.05) is 6.54 Å². The van der Waals surface area contributed by atoms with Crippen LogP contribution in [0.4, 0.5) is 4.79 Å². The third kappa shape index (κ3) is 6.86. The third-order valence-corrected chi connectivity index (χ3v) is 3.83. The number of hydrogen-bond acceptors (Lipinski definition) is 3. The van der Waals surface area contributed by atoms with Gasteiger partial charge in [-0.25, -0.2) is 9.78 Å². The van der Waals surface area contributed by atoms with Crippen LogP contribution in [0, 0.1) is 0 Å². The highest BCUT2D eigenvalue weighted by Crippen LogP contribution is 2.07. The number of nitrogens with one attached hydrogen (secondary N) is 2. The number of amides is 2. The Kier molecular flexibility index (Phi) is 7.87. The fourth-order valence-electron chi connectivity index (χ4n) is 2.43. The molecule has 1 aromatic heterocycles. The third-order valence-electron chi connectivity index (χ3n) is 3.83. The Labute approximate surface area is 143 Å². The molecule has 0 spiro atoms. The number of benzene rings is 1. The lowest BCUT2D eigenvalue weighted by Gasteiger charge is -2.05. The van der Waals surface area contributed by atoms with Crippen molar-refractivity contribution in [3.05, 3.63) is 53.7 Å². The predicted molar refractivity (Wildman–Crippen MR) is 94.7 cm³/mol. The molecule has 0 aliphatic rings. The van der Waals surface area contributed by atoms with Crippen molar-refractivity contribution in [2.75, 3.05) is 6.54 Å². The van der Waals surface area contributed by atoms with Crippen LogP contribution in [-0.2, 0) is 19.4 Å². The minimum Gasteiger partial charge on any atom is -0.447 e. The first-order valence-corrected chi connectivity index (χ1v) is 8.77. The van der Waals surface area contributed by atoms with Gasteiger partial charge in [-0.15, -0.1) is 0 Å². The number of urea groups is 1. The number of rotatable bonds is 10. The summed E-state index contributed by atoms with van der Waals surface area (Å²) in [7, 11) is 0. The number of aromatic nitrogens is 1. The molecule has 0 atom stereocenters. The molecule has 0 radical (unpaired) electrons. The maximum atomic E-state index is 11.7. The lowest BCUT2D eigenvalue weighted by Crippen LogP contribution is -2.35. The van der Waals surface area contributed by atoms with Crippen LogP contribution in [0.2, 0.25) is 0 Å². The van der Waals surface area contributed by atoms with Gasteiger partial charge < -0.3 is 15.1 Å². The Morgan fingerprint density at radius 2 is 1.92 bits per heavy atom. The van der Waals surface area contributed by atoms with Gasteiger partial charge in [-0.3, -0.25) is 0 Å². The first kappa shape index (κ1) is 18.0. The smallest absolute Gasteiger partial charge is 0.315 e. The molecule has 130 valence electrons. The van der Waals surface area contributed by atoms with E-state index in [1.807, 2.05) is 18.2 Å². The molecule has 0 aliphatic carbocycles. The number of carbonyl (C=O) groups is 1. The van der Waals surface area contributed by atoms with Crippen LogP contribution in [0.25, 0.3) is 0 Å². The normalized spacial score (nSPS) is 10.5. The van der Waals surface area contributed by atoms with E-state index < -0.39 is 0 Å². The second-order valence-corrected chi connectivity index (χ2v) is 5.89. The maximum Gasteiger partial charge on any atom is 0.315 e. The van der Waals surface area contributed by atoms with Crippen LogP contribution >= 0.6 is 0 Å². The standard InChI is InChI=1S/C19H27N3O2/c1-2-3-4-8-13-20-19(23)21-14-18-22-17(15-24-18)12-11-16-9-6-5-7-10-16/h5-7,9-10,15H,2-4,8,11-14H2,1H3,(H2,20,21,23). The van der Waals surface area contributed by atoms with E-state index in [9.17, 15) is 4.79 Å². The zero-order chi connectivity index (χ0) is 17.0. The second-order valence-electron chi connectivity index (χ2n) is 5.89. The molecule has 0 bridgehead atoms. The van der Waals surface area contributed by atoms with Gasteiger partial charge in [-0.05, 0) is 24.8 Å². The molecule has 5 nitrogen and oxygen atoms in total. The molecule has 2 aromatic rings. The Morgan fingerprint density at radius 3 is 2.71 bits per heavy atom. The summed E-state index contributed by atoms with van der Waals surface area (Å²) in [6.07, 6.45) is 8.01. The zero-order valence-corrected chi connectivity index (χ0v) is 14.4. The van der Waals surface area contributed by atoms with Crippen molar-refractivity contribution in [2.45, 2.75) is 52.0 Å². The summed E-state index contributed by atoms with van der Waals surface area (Å²) in [5.41, 5.74) is 2.19. The van der Waals surface area contributed by atoms with Crippen molar-refractivity contribution < 1.29 is 9.21 Å². The molecular formula is C19H27N3O2. The maximum absolute atomic E-state index is 11.7. The fourth-order valence-corrected chi connectivity index (χ4v) is 2.43. The highest BCUT2D eigenvalue weighted by Gasteiger charge is 2.06. The van der Waals surface area contributed by atoms with Gasteiger partial charge in [0.25, 0.3) is 0 Å². The van der Waals surface area contributed by atoms with Gasteiger partial charge in [0.05, 0.1) is 12.2 Å². The zero-order valence-electron chi connectivity index (χ0n) is 14.4. The van der Waals surface area contributed by atoms with Crippen LogP contribution in [0.3, 0.4) is 0 Å². The summed E-state index contributed by atoms with van der Waals surface area (Å²) in [6.45, 7) is 3.19. The predicted octanol–water partition coefficient (Wildman–Crippen LogP) is 3.84. The van der Waals surface area contributed by atoms with Gasteiger partial charge in [0.1, 0.15) is 6.26 Å². The first-order chi connectivity index (χ1) is 11.8. The average Bonchev–Trinajstić information content (AvgIpc) is 3.07. The molecule has 0 unspecified atom stereocenters. The van der Waals surface area contributed by atoms with E-state index in [1.165, 1.54) is 18.4 Å². The van der Waals surface area contributed by atoms with Gasteiger partial charge in [0.2, 0.25) is 5.89 Å². The summed E-state index contributed by atoms with van der Waals surface area (Å²) in [4.78, 5) is 16.1. The number of unbranched alkanes of at least 4 members (excludes halogenated alkanes) is 3. The molecule has 5 heteroatoms. The number of nitrogens with zero attached hydrogens (tertiary/aromatic N) is 1. The van der Waals surface area contributed by atoms with Gasteiger partial charge in [-0.1, -0.05) is 56.5 Å². The lowest BCUT2D eigenvalue weighted by atomic mass is 10.1. The summed E-state index contributed by atoms with van der Waals surface area (Å²) in [6, 6.07) is 10.1. The summed E-state index contributed by atoms with van der Waals surface area (Å²) < 4.78 is 5.41. The highest BCUT2D eigenvalue weighted by atomic mass is 16.3. The van der Waals surface area contributed by atoms with Crippen LogP contribution in [-0.4, -0.2) is 17.6 Å². The number of carbonyl (C=O) groups excluding carboxylic acids is 1. The van der Waals surface area contributed by atoms with E-state index in [4.69, 9.17) is 4.42 Å². The van der Waals surface area contributed by atoms with Gasteiger partial charge >= 0.3 is 6.03 Å². The minimum absolute atomic E-state index is 0.171. The Morgan fingerprint density at radius 1 is 1.08 bits per heavy atom.